The highest BCUT2D eigenvalue weighted by atomic mass is 32.2. The van der Waals surface area contributed by atoms with E-state index in [1.807, 2.05) is 42.9 Å². The Kier molecular flexibility index (Phi) is 6.20. The summed E-state index contributed by atoms with van der Waals surface area (Å²) < 4.78 is 47.1. The van der Waals surface area contributed by atoms with Crippen LogP contribution in [-0.4, -0.2) is 41.5 Å². The third-order valence-electron chi connectivity index (χ3n) is 6.23. The number of sulfonamides is 1. The molecule has 0 unspecified atom stereocenters. The summed E-state index contributed by atoms with van der Waals surface area (Å²) in [6.45, 7) is 4.41. The molecule has 0 spiro atoms. The molecule has 37 heavy (non-hydrogen) atoms. The second-order valence-corrected chi connectivity index (χ2v) is 10.7. The Morgan fingerprint density at radius 3 is 2.65 bits per heavy atom. The summed E-state index contributed by atoms with van der Waals surface area (Å²) in [5.74, 6) is 0.144. The number of aromatic nitrogens is 4. The number of aromatic amines is 1. The number of anilines is 1. The number of fused-ring (bicyclic) bond motifs is 1. The minimum Gasteiger partial charge on any atom is -0.495 e. The topological polar surface area (TPSA) is 102 Å². The first-order valence-electron chi connectivity index (χ1n) is 11.5. The van der Waals surface area contributed by atoms with Gasteiger partial charge in [-0.3, -0.25) is 9.40 Å². The number of halogens is 1. The molecule has 8 nitrogen and oxygen atoms in total. The summed E-state index contributed by atoms with van der Waals surface area (Å²) in [4.78, 5) is 7.84. The van der Waals surface area contributed by atoms with Gasteiger partial charge in [-0.05, 0) is 55.3 Å². The first-order valence-corrected chi connectivity index (χ1v) is 13.4. The zero-order chi connectivity index (χ0) is 26.3. The van der Waals surface area contributed by atoms with Crippen molar-refractivity contribution in [2.75, 3.05) is 18.1 Å². The third kappa shape index (κ3) is 4.92. The summed E-state index contributed by atoms with van der Waals surface area (Å²) in [6.07, 6.45) is 4.75. The Labute approximate surface area is 214 Å². The average molecular weight is 520 g/mol. The minimum absolute atomic E-state index is 0.275. The van der Waals surface area contributed by atoms with Crippen LogP contribution in [0.1, 0.15) is 17.0 Å². The molecule has 5 rings (SSSR count). The zero-order valence-electron chi connectivity index (χ0n) is 20.8. The number of nitrogens with one attached hydrogen (secondary N) is 2. The molecule has 0 saturated carbocycles. The second-order valence-electron chi connectivity index (χ2n) is 8.95. The SMILES string of the molecule is COc1ccc(-c2cnc3[nH]cc(-c4c(C)nn(Cc5cccc(F)c5)c4C)c3c2)cc1NS(C)(=O)=O. The van der Waals surface area contributed by atoms with Crippen molar-refractivity contribution in [2.24, 2.45) is 0 Å². The maximum absolute atomic E-state index is 13.7. The predicted molar refractivity (Wildman–Crippen MR) is 143 cm³/mol. The summed E-state index contributed by atoms with van der Waals surface area (Å²) in [5.41, 5.74) is 7.24. The molecule has 0 radical (unpaired) electrons. The number of pyridine rings is 1. The fourth-order valence-corrected chi connectivity index (χ4v) is 5.14. The minimum atomic E-state index is -3.49. The lowest BCUT2D eigenvalue weighted by atomic mass is 10.0. The van der Waals surface area contributed by atoms with Gasteiger partial charge in [0.1, 0.15) is 17.2 Å². The van der Waals surface area contributed by atoms with Gasteiger partial charge in [-0.15, -0.1) is 0 Å². The number of hydrogen-bond donors (Lipinski definition) is 2. The van der Waals surface area contributed by atoms with Crippen molar-refractivity contribution in [2.45, 2.75) is 20.4 Å². The van der Waals surface area contributed by atoms with Crippen molar-refractivity contribution in [3.8, 4) is 28.0 Å². The second kappa shape index (κ2) is 9.36. The molecule has 5 aromatic rings. The van der Waals surface area contributed by atoms with E-state index in [0.717, 1.165) is 56.5 Å². The van der Waals surface area contributed by atoms with Gasteiger partial charge >= 0.3 is 0 Å². The van der Waals surface area contributed by atoms with Gasteiger partial charge in [-0.1, -0.05) is 18.2 Å². The first kappa shape index (κ1) is 24.5. The normalized spacial score (nSPS) is 11.7. The van der Waals surface area contributed by atoms with Crippen LogP contribution in [0.3, 0.4) is 0 Å². The highest BCUT2D eigenvalue weighted by Gasteiger charge is 2.19. The third-order valence-corrected chi connectivity index (χ3v) is 6.82. The molecule has 2 N–H and O–H groups in total. The lowest BCUT2D eigenvalue weighted by Crippen LogP contribution is -2.10. The van der Waals surface area contributed by atoms with Crippen molar-refractivity contribution < 1.29 is 17.5 Å². The summed E-state index contributed by atoms with van der Waals surface area (Å²) in [5, 5.41) is 5.63. The zero-order valence-corrected chi connectivity index (χ0v) is 21.6. The monoisotopic (exact) mass is 519 g/mol. The highest BCUT2D eigenvalue weighted by molar-refractivity contribution is 7.92. The van der Waals surface area contributed by atoms with Crippen molar-refractivity contribution in [3.63, 3.8) is 0 Å². The summed E-state index contributed by atoms with van der Waals surface area (Å²) in [7, 11) is -2.00. The Morgan fingerprint density at radius 1 is 1.11 bits per heavy atom. The molecular formula is C27H26FN5O3S. The molecule has 190 valence electrons. The van der Waals surface area contributed by atoms with Crippen LogP contribution in [0.25, 0.3) is 33.3 Å². The molecule has 2 aromatic carbocycles. The van der Waals surface area contributed by atoms with Crippen LogP contribution in [0.15, 0.2) is 60.9 Å². The maximum atomic E-state index is 13.7. The van der Waals surface area contributed by atoms with Gasteiger partial charge in [0.05, 0.1) is 31.3 Å². The van der Waals surface area contributed by atoms with Gasteiger partial charge in [0.25, 0.3) is 0 Å². The molecule has 10 heteroatoms. The van der Waals surface area contributed by atoms with Crippen LogP contribution in [0, 0.1) is 19.7 Å². The van der Waals surface area contributed by atoms with Crippen LogP contribution in [0.5, 0.6) is 5.75 Å². The lowest BCUT2D eigenvalue weighted by Gasteiger charge is -2.12. The largest absolute Gasteiger partial charge is 0.495 e. The van der Waals surface area contributed by atoms with E-state index in [4.69, 9.17) is 9.84 Å². The molecule has 0 amide bonds. The van der Waals surface area contributed by atoms with Crippen molar-refractivity contribution in [1.82, 2.24) is 19.7 Å². The Bertz CT molecular complexity index is 1740. The Morgan fingerprint density at radius 2 is 1.92 bits per heavy atom. The lowest BCUT2D eigenvalue weighted by molar-refractivity contribution is 0.417. The van der Waals surface area contributed by atoms with Crippen LogP contribution in [0.4, 0.5) is 10.1 Å². The predicted octanol–water partition coefficient (Wildman–Crippen LogP) is 5.28. The van der Waals surface area contributed by atoms with E-state index >= 15 is 0 Å². The van der Waals surface area contributed by atoms with Gasteiger partial charge in [0, 0.05) is 40.2 Å². The molecule has 0 bridgehead atoms. The van der Waals surface area contributed by atoms with Gasteiger partial charge in [-0.2, -0.15) is 5.10 Å². The van der Waals surface area contributed by atoms with Gasteiger partial charge < -0.3 is 9.72 Å². The van der Waals surface area contributed by atoms with Crippen LogP contribution < -0.4 is 9.46 Å². The Hall–Kier alpha value is -4.18. The Balaban J connectivity index is 1.57. The fourth-order valence-electron chi connectivity index (χ4n) is 4.58. The van der Waals surface area contributed by atoms with Crippen LogP contribution in [0.2, 0.25) is 0 Å². The number of nitrogens with zero attached hydrogens (tertiary/aromatic N) is 3. The van der Waals surface area contributed by atoms with Gasteiger partial charge in [-0.25, -0.2) is 17.8 Å². The average Bonchev–Trinajstić information content (AvgIpc) is 3.37. The number of benzene rings is 2. The highest BCUT2D eigenvalue weighted by Crippen LogP contribution is 2.36. The van der Waals surface area contributed by atoms with E-state index < -0.39 is 10.0 Å². The smallest absolute Gasteiger partial charge is 0.229 e. The summed E-state index contributed by atoms with van der Waals surface area (Å²) >= 11 is 0. The number of ether oxygens (including phenoxy) is 1. The number of methoxy groups -OCH3 is 1. The number of H-pyrrole nitrogens is 1. The molecule has 0 aliphatic heterocycles. The molecule has 0 fully saturated rings. The van der Waals surface area contributed by atoms with Gasteiger partial charge in [0.2, 0.25) is 10.0 Å². The molecule has 0 aliphatic carbocycles. The van der Waals surface area contributed by atoms with E-state index in [-0.39, 0.29) is 5.82 Å². The van der Waals surface area contributed by atoms with E-state index in [1.54, 1.807) is 24.4 Å². The first-order chi connectivity index (χ1) is 17.6. The van der Waals surface area contributed by atoms with E-state index in [1.165, 1.54) is 19.2 Å². The number of hydrogen-bond acceptors (Lipinski definition) is 5. The molecule has 0 aliphatic rings. The van der Waals surface area contributed by atoms with E-state index in [2.05, 4.69) is 14.7 Å². The molecule has 0 atom stereocenters. The molecule has 3 aromatic heterocycles. The maximum Gasteiger partial charge on any atom is 0.229 e. The van der Waals surface area contributed by atoms with Crippen molar-refractivity contribution in [3.05, 3.63) is 83.7 Å². The van der Waals surface area contributed by atoms with Crippen LogP contribution in [-0.2, 0) is 16.6 Å². The molecule has 0 saturated heterocycles. The molecule has 3 heterocycles. The van der Waals surface area contributed by atoms with Crippen molar-refractivity contribution >= 4 is 26.7 Å². The molecular weight excluding hydrogens is 493 g/mol. The summed E-state index contributed by atoms with van der Waals surface area (Å²) in [6, 6.07) is 13.8. The number of rotatable bonds is 7. The quantitative estimate of drug-likeness (QED) is 0.305. The fraction of sp³-hybridized carbons (Fsp3) is 0.185. The van der Waals surface area contributed by atoms with E-state index in [9.17, 15) is 12.8 Å². The van der Waals surface area contributed by atoms with Gasteiger partial charge in [0.15, 0.2) is 0 Å². The number of aryl methyl sites for hydroxylation is 1. The van der Waals surface area contributed by atoms with E-state index in [0.29, 0.717) is 18.0 Å². The van der Waals surface area contributed by atoms with Crippen LogP contribution >= 0.6 is 0 Å². The standard InChI is InChI=1S/C27H26FN5O3S/c1-16-26(17(2)33(31-16)15-18-6-5-7-21(28)10-18)23-14-30-27-22(23)11-20(13-29-27)19-8-9-25(36-3)24(12-19)32-37(4,34)35/h5-14,32H,15H2,1-4H3,(H,29,30). The van der Waals surface area contributed by atoms with Crippen molar-refractivity contribution in [1.29, 1.82) is 0 Å².